The van der Waals surface area contributed by atoms with Crippen LogP contribution in [0.5, 0.6) is 0 Å². The molecule has 7 heteroatoms. The van der Waals surface area contributed by atoms with Crippen molar-refractivity contribution in [1.82, 2.24) is 14.8 Å². The highest BCUT2D eigenvalue weighted by Crippen LogP contribution is 2.34. The van der Waals surface area contributed by atoms with Crippen molar-refractivity contribution < 1.29 is 0 Å². The van der Waals surface area contributed by atoms with Gasteiger partial charge in [0.05, 0.1) is 15.5 Å². The van der Waals surface area contributed by atoms with Crippen LogP contribution >= 0.6 is 27.5 Å². The maximum Gasteiger partial charge on any atom is 0.145 e. The molecule has 1 aliphatic carbocycles. The highest BCUT2D eigenvalue weighted by atomic mass is 79.9. The molecule has 0 radical (unpaired) electrons. The molecule has 2 heterocycles. The van der Waals surface area contributed by atoms with Crippen molar-refractivity contribution in [3.8, 4) is 0 Å². The van der Waals surface area contributed by atoms with Crippen LogP contribution in [0.4, 0.5) is 11.6 Å². The second-order valence-electron chi connectivity index (χ2n) is 5.42. The Hall–Kier alpha value is -1.27. The number of pyridine rings is 1. The van der Waals surface area contributed by atoms with Gasteiger partial charge in [-0.3, -0.25) is 4.68 Å². The highest BCUT2D eigenvalue weighted by molar-refractivity contribution is 9.10. The summed E-state index contributed by atoms with van der Waals surface area (Å²) in [6, 6.07) is 4.14. The number of nitrogens with one attached hydrogen (secondary N) is 1. The fourth-order valence-electron chi connectivity index (χ4n) is 2.79. The van der Waals surface area contributed by atoms with Gasteiger partial charge in [0.2, 0.25) is 0 Å². The lowest BCUT2D eigenvalue weighted by molar-refractivity contribution is 0.447. The summed E-state index contributed by atoms with van der Waals surface area (Å²) < 4.78 is 2.80. The molecule has 3 N–H and O–H groups in total. The number of nitrogen functional groups attached to an aromatic ring is 1. The second-order valence-corrected chi connectivity index (χ2v) is 6.68. The Kier molecular flexibility index (Phi) is 4.35. The lowest BCUT2D eigenvalue weighted by atomic mass is 10.1. The number of anilines is 2. The van der Waals surface area contributed by atoms with Gasteiger partial charge in [0.15, 0.2) is 0 Å². The van der Waals surface area contributed by atoms with Crippen LogP contribution in [0.2, 0.25) is 5.02 Å². The summed E-state index contributed by atoms with van der Waals surface area (Å²) in [5.41, 5.74) is 5.67. The molecule has 0 aliphatic heterocycles. The third-order valence-corrected chi connectivity index (χ3v) is 5.07. The maximum absolute atomic E-state index is 6.06. The van der Waals surface area contributed by atoms with Crippen molar-refractivity contribution in [2.75, 3.05) is 17.6 Å². The van der Waals surface area contributed by atoms with E-state index in [0.717, 1.165) is 29.7 Å². The van der Waals surface area contributed by atoms with Gasteiger partial charge in [0, 0.05) is 25.0 Å². The van der Waals surface area contributed by atoms with Crippen LogP contribution in [0, 0.1) is 5.92 Å². The lowest BCUT2D eigenvalue weighted by Gasteiger charge is -2.13. The Morgan fingerprint density at radius 1 is 1.48 bits per heavy atom. The van der Waals surface area contributed by atoms with Crippen LogP contribution in [-0.2, 0) is 0 Å². The van der Waals surface area contributed by atoms with E-state index >= 15 is 0 Å². The first-order chi connectivity index (χ1) is 10.1. The number of halogens is 2. The number of hydrogen-bond acceptors (Lipinski definition) is 4. The molecule has 112 valence electrons. The van der Waals surface area contributed by atoms with E-state index < -0.39 is 0 Å². The smallest absolute Gasteiger partial charge is 0.145 e. The van der Waals surface area contributed by atoms with E-state index in [1.165, 1.54) is 6.42 Å². The summed E-state index contributed by atoms with van der Waals surface area (Å²) in [6.07, 6.45) is 7.11. The Labute approximate surface area is 137 Å². The molecule has 0 aromatic carbocycles. The SMILES string of the molecule is Nc1ccn(C2CCC(CNc3cc(Cl)c(Br)cn3)C2)n1. The molecule has 21 heavy (non-hydrogen) atoms. The van der Waals surface area contributed by atoms with Crippen molar-refractivity contribution in [3.05, 3.63) is 34.0 Å². The molecule has 2 aromatic heterocycles. The number of nitrogens with zero attached hydrogens (tertiary/aromatic N) is 3. The molecule has 1 saturated carbocycles. The molecule has 1 aliphatic rings. The zero-order valence-electron chi connectivity index (χ0n) is 11.5. The van der Waals surface area contributed by atoms with Gasteiger partial charge < -0.3 is 11.1 Å². The summed E-state index contributed by atoms with van der Waals surface area (Å²) in [4.78, 5) is 4.30. The van der Waals surface area contributed by atoms with E-state index in [1.807, 2.05) is 23.0 Å². The summed E-state index contributed by atoms with van der Waals surface area (Å²) in [5.74, 6) is 2.02. The Balaban J connectivity index is 1.54. The normalized spacial score (nSPS) is 21.6. The van der Waals surface area contributed by atoms with E-state index in [1.54, 1.807) is 6.20 Å². The predicted octanol–water partition coefficient (Wildman–Crippen LogP) is 3.73. The van der Waals surface area contributed by atoms with E-state index in [0.29, 0.717) is 22.8 Å². The summed E-state index contributed by atoms with van der Waals surface area (Å²) in [6.45, 7) is 0.901. The molecule has 0 saturated heterocycles. The van der Waals surface area contributed by atoms with Crippen molar-refractivity contribution >= 4 is 39.2 Å². The minimum atomic E-state index is 0.454. The fraction of sp³-hybridized carbons (Fsp3) is 0.429. The minimum absolute atomic E-state index is 0.454. The lowest BCUT2D eigenvalue weighted by Crippen LogP contribution is -2.13. The van der Waals surface area contributed by atoms with E-state index in [9.17, 15) is 0 Å². The van der Waals surface area contributed by atoms with Crippen LogP contribution in [0.3, 0.4) is 0 Å². The van der Waals surface area contributed by atoms with Gasteiger partial charge in [-0.05, 0) is 47.2 Å². The number of rotatable bonds is 4. The standard InChI is InChI=1S/C14H17BrClN5/c15-11-8-19-14(6-12(11)16)18-7-9-1-2-10(5-9)21-4-3-13(17)20-21/h3-4,6,8-10H,1-2,5,7H2,(H2,17,20)(H,18,19). The van der Waals surface area contributed by atoms with Crippen molar-refractivity contribution in [2.24, 2.45) is 5.92 Å². The second kappa shape index (κ2) is 6.23. The van der Waals surface area contributed by atoms with E-state index in [4.69, 9.17) is 17.3 Å². The molecular formula is C14H17BrClN5. The zero-order chi connectivity index (χ0) is 14.8. The number of aromatic nitrogens is 3. The molecule has 0 bridgehead atoms. The number of nitrogens with two attached hydrogens (primary N) is 1. The Morgan fingerprint density at radius 3 is 3.05 bits per heavy atom. The minimum Gasteiger partial charge on any atom is -0.382 e. The molecule has 3 rings (SSSR count). The third-order valence-electron chi connectivity index (χ3n) is 3.90. The Morgan fingerprint density at radius 2 is 2.33 bits per heavy atom. The number of hydrogen-bond donors (Lipinski definition) is 2. The quantitative estimate of drug-likeness (QED) is 0.860. The van der Waals surface area contributed by atoms with Crippen LogP contribution < -0.4 is 11.1 Å². The molecule has 1 fully saturated rings. The monoisotopic (exact) mass is 369 g/mol. The molecule has 2 atom stereocenters. The summed E-state index contributed by atoms with van der Waals surface area (Å²) in [7, 11) is 0. The van der Waals surface area contributed by atoms with Gasteiger partial charge in [-0.15, -0.1) is 0 Å². The molecule has 5 nitrogen and oxygen atoms in total. The van der Waals surface area contributed by atoms with Crippen LogP contribution in [0.25, 0.3) is 0 Å². The third kappa shape index (κ3) is 3.49. The highest BCUT2D eigenvalue weighted by Gasteiger charge is 2.26. The fourth-order valence-corrected chi connectivity index (χ4v) is 3.16. The van der Waals surface area contributed by atoms with Gasteiger partial charge in [-0.2, -0.15) is 5.10 Å². The van der Waals surface area contributed by atoms with Crippen molar-refractivity contribution in [2.45, 2.75) is 25.3 Å². The van der Waals surface area contributed by atoms with Crippen molar-refractivity contribution in [3.63, 3.8) is 0 Å². The molecule has 2 aromatic rings. The van der Waals surface area contributed by atoms with Gasteiger partial charge >= 0.3 is 0 Å². The van der Waals surface area contributed by atoms with Crippen molar-refractivity contribution in [1.29, 1.82) is 0 Å². The topological polar surface area (TPSA) is 68.8 Å². The average Bonchev–Trinajstić information content (AvgIpc) is 3.09. The van der Waals surface area contributed by atoms with E-state index in [-0.39, 0.29) is 0 Å². The van der Waals surface area contributed by atoms with Crippen LogP contribution in [0.1, 0.15) is 25.3 Å². The van der Waals surface area contributed by atoms with E-state index in [2.05, 4.69) is 31.3 Å². The van der Waals surface area contributed by atoms with Crippen LogP contribution in [-0.4, -0.2) is 21.3 Å². The van der Waals surface area contributed by atoms with Gasteiger partial charge in [-0.1, -0.05) is 11.6 Å². The van der Waals surface area contributed by atoms with Gasteiger partial charge in [0.1, 0.15) is 11.6 Å². The molecule has 0 spiro atoms. The van der Waals surface area contributed by atoms with Gasteiger partial charge in [0.25, 0.3) is 0 Å². The van der Waals surface area contributed by atoms with Gasteiger partial charge in [-0.25, -0.2) is 4.98 Å². The Bertz CT molecular complexity index is 630. The summed E-state index contributed by atoms with van der Waals surface area (Å²) in [5, 5.41) is 8.34. The maximum atomic E-state index is 6.06. The molecule has 2 unspecified atom stereocenters. The predicted molar refractivity (Wildman–Crippen MR) is 88.5 cm³/mol. The average molecular weight is 371 g/mol. The molecule has 0 amide bonds. The first-order valence-corrected chi connectivity index (χ1v) is 8.14. The summed E-state index contributed by atoms with van der Waals surface area (Å²) >= 11 is 9.40. The zero-order valence-corrected chi connectivity index (χ0v) is 13.8. The first kappa shape index (κ1) is 14.7. The first-order valence-electron chi connectivity index (χ1n) is 6.97. The van der Waals surface area contributed by atoms with Crippen LogP contribution in [0.15, 0.2) is 29.0 Å². The molecular weight excluding hydrogens is 354 g/mol. The largest absolute Gasteiger partial charge is 0.382 e.